The second kappa shape index (κ2) is 7.27. The van der Waals surface area contributed by atoms with Gasteiger partial charge in [0, 0.05) is 25.8 Å². The number of carbonyl (C=O) groups excluding carboxylic acids is 1. The summed E-state index contributed by atoms with van der Waals surface area (Å²) in [6.07, 6.45) is 11.6. The average Bonchev–Trinajstić information content (AvgIpc) is 2.90. The van der Waals surface area contributed by atoms with Gasteiger partial charge in [-0.1, -0.05) is 25.7 Å². The van der Waals surface area contributed by atoms with Crippen molar-refractivity contribution in [3.8, 4) is 0 Å². The van der Waals surface area contributed by atoms with Crippen LogP contribution < -0.4 is 5.32 Å². The van der Waals surface area contributed by atoms with E-state index in [2.05, 4.69) is 10.4 Å². The summed E-state index contributed by atoms with van der Waals surface area (Å²) in [5.74, 6) is 0.0782. The first kappa shape index (κ1) is 15.5. The highest BCUT2D eigenvalue weighted by Gasteiger charge is 2.24. The van der Waals surface area contributed by atoms with Crippen molar-refractivity contribution < 1.29 is 4.79 Å². The van der Waals surface area contributed by atoms with E-state index in [1.165, 1.54) is 32.1 Å². The van der Waals surface area contributed by atoms with Crippen LogP contribution in [0.3, 0.4) is 0 Å². The van der Waals surface area contributed by atoms with Crippen LogP contribution >= 0.6 is 0 Å². The standard InChI is InChI=1S/C17H28N4O/c1-20(14-7-4-2-3-5-8-14)17(22)16-10-12-21(19-16)15-9-6-11-18-13-15/h10,12,14-15,18H,2-9,11,13H2,1H3. The van der Waals surface area contributed by atoms with E-state index in [1.54, 1.807) is 0 Å². The normalized spacial score (nSPS) is 24.0. The fourth-order valence-electron chi connectivity index (χ4n) is 3.71. The highest BCUT2D eigenvalue weighted by molar-refractivity contribution is 5.92. The molecular weight excluding hydrogens is 276 g/mol. The van der Waals surface area contributed by atoms with Crippen LogP contribution in [0, 0.1) is 0 Å². The predicted octanol–water partition coefficient (Wildman–Crippen LogP) is 2.60. The third-order valence-corrected chi connectivity index (χ3v) is 5.17. The van der Waals surface area contributed by atoms with Crippen molar-refractivity contribution in [2.45, 2.75) is 63.5 Å². The van der Waals surface area contributed by atoms with Gasteiger partial charge in [-0.15, -0.1) is 0 Å². The van der Waals surface area contributed by atoms with Crippen LogP contribution in [0.2, 0.25) is 0 Å². The minimum absolute atomic E-state index is 0.0782. The van der Waals surface area contributed by atoms with E-state index in [1.807, 2.05) is 28.9 Å². The van der Waals surface area contributed by atoms with Crippen molar-refractivity contribution in [2.24, 2.45) is 0 Å². The fraction of sp³-hybridized carbons (Fsp3) is 0.765. The highest BCUT2D eigenvalue weighted by atomic mass is 16.2. The van der Waals surface area contributed by atoms with Gasteiger partial charge in [0.1, 0.15) is 5.69 Å². The lowest BCUT2D eigenvalue weighted by Crippen LogP contribution is -2.37. The van der Waals surface area contributed by atoms with E-state index < -0.39 is 0 Å². The molecule has 22 heavy (non-hydrogen) atoms. The summed E-state index contributed by atoms with van der Waals surface area (Å²) in [6.45, 7) is 2.04. The van der Waals surface area contributed by atoms with Gasteiger partial charge < -0.3 is 10.2 Å². The topological polar surface area (TPSA) is 50.2 Å². The molecule has 122 valence electrons. The second-order valence-electron chi connectivity index (χ2n) is 6.74. The maximum atomic E-state index is 12.7. The number of amides is 1. The molecular formula is C17H28N4O. The molecule has 5 nitrogen and oxygen atoms in total. The molecule has 1 unspecified atom stereocenters. The van der Waals surface area contributed by atoms with Gasteiger partial charge in [-0.25, -0.2) is 0 Å². The molecule has 1 amide bonds. The van der Waals surface area contributed by atoms with Crippen molar-refractivity contribution in [1.82, 2.24) is 20.0 Å². The van der Waals surface area contributed by atoms with Crippen LogP contribution in [0.1, 0.15) is 67.9 Å². The van der Waals surface area contributed by atoms with Crippen molar-refractivity contribution >= 4 is 5.91 Å². The van der Waals surface area contributed by atoms with Gasteiger partial charge in [-0.05, 0) is 38.3 Å². The molecule has 2 heterocycles. The Labute approximate surface area is 133 Å². The lowest BCUT2D eigenvalue weighted by atomic mass is 10.1. The molecule has 1 aromatic rings. The number of nitrogens with one attached hydrogen (secondary N) is 1. The van der Waals surface area contributed by atoms with E-state index in [9.17, 15) is 4.79 Å². The third-order valence-electron chi connectivity index (χ3n) is 5.17. The van der Waals surface area contributed by atoms with Crippen LogP contribution in [-0.4, -0.2) is 46.8 Å². The Morgan fingerprint density at radius 2 is 2.00 bits per heavy atom. The minimum atomic E-state index is 0.0782. The first-order valence-corrected chi connectivity index (χ1v) is 8.79. The Bertz CT molecular complexity index is 485. The molecule has 0 bridgehead atoms. The fourth-order valence-corrected chi connectivity index (χ4v) is 3.71. The van der Waals surface area contributed by atoms with Gasteiger partial charge in [0.15, 0.2) is 0 Å². The molecule has 5 heteroatoms. The quantitative estimate of drug-likeness (QED) is 0.873. The van der Waals surface area contributed by atoms with E-state index in [0.29, 0.717) is 17.8 Å². The maximum Gasteiger partial charge on any atom is 0.274 e. The van der Waals surface area contributed by atoms with Gasteiger partial charge in [0.25, 0.3) is 5.91 Å². The Morgan fingerprint density at radius 3 is 2.68 bits per heavy atom. The van der Waals surface area contributed by atoms with Crippen LogP contribution in [-0.2, 0) is 0 Å². The molecule has 0 radical (unpaired) electrons. The van der Waals surface area contributed by atoms with E-state index >= 15 is 0 Å². The molecule has 1 atom stereocenters. The number of hydrogen-bond acceptors (Lipinski definition) is 3. The number of piperidine rings is 1. The Morgan fingerprint density at radius 1 is 1.23 bits per heavy atom. The van der Waals surface area contributed by atoms with Crippen LogP contribution in [0.5, 0.6) is 0 Å². The van der Waals surface area contributed by atoms with Crippen molar-refractivity contribution in [3.63, 3.8) is 0 Å². The van der Waals surface area contributed by atoms with Gasteiger partial charge in [-0.2, -0.15) is 5.10 Å². The van der Waals surface area contributed by atoms with Crippen molar-refractivity contribution in [2.75, 3.05) is 20.1 Å². The number of rotatable bonds is 3. The highest BCUT2D eigenvalue weighted by Crippen LogP contribution is 2.22. The molecule has 2 aliphatic rings. The summed E-state index contributed by atoms with van der Waals surface area (Å²) in [5, 5.41) is 7.96. The van der Waals surface area contributed by atoms with Gasteiger partial charge in [0.05, 0.1) is 6.04 Å². The molecule has 2 fully saturated rings. The zero-order chi connectivity index (χ0) is 15.4. The number of carbonyl (C=O) groups is 1. The number of nitrogens with zero attached hydrogens (tertiary/aromatic N) is 3. The molecule has 0 aromatic carbocycles. The molecule has 1 aliphatic carbocycles. The zero-order valence-corrected chi connectivity index (χ0v) is 13.6. The summed E-state index contributed by atoms with van der Waals surface area (Å²) in [5.41, 5.74) is 0.595. The largest absolute Gasteiger partial charge is 0.337 e. The predicted molar refractivity (Wildman–Crippen MR) is 87.0 cm³/mol. The second-order valence-corrected chi connectivity index (χ2v) is 6.74. The molecule has 0 spiro atoms. The summed E-state index contributed by atoms with van der Waals surface area (Å²) in [7, 11) is 1.94. The molecule has 1 saturated carbocycles. The van der Waals surface area contributed by atoms with Crippen molar-refractivity contribution in [3.05, 3.63) is 18.0 Å². The zero-order valence-electron chi connectivity index (χ0n) is 13.6. The van der Waals surface area contributed by atoms with Gasteiger partial charge in [0.2, 0.25) is 0 Å². The molecule has 3 rings (SSSR count). The summed E-state index contributed by atoms with van der Waals surface area (Å²) < 4.78 is 1.97. The molecule has 1 N–H and O–H groups in total. The number of hydrogen-bond donors (Lipinski definition) is 1. The lowest BCUT2D eigenvalue weighted by Gasteiger charge is -2.26. The molecule has 1 saturated heterocycles. The minimum Gasteiger partial charge on any atom is -0.337 e. The molecule has 1 aromatic heterocycles. The number of aromatic nitrogens is 2. The first-order chi connectivity index (χ1) is 10.8. The average molecular weight is 304 g/mol. The summed E-state index contributed by atoms with van der Waals surface area (Å²) in [6, 6.07) is 2.65. The van der Waals surface area contributed by atoms with E-state index in [4.69, 9.17) is 0 Å². The molecule has 1 aliphatic heterocycles. The summed E-state index contributed by atoms with van der Waals surface area (Å²) >= 11 is 0. The monoisotopic (exact) mass is 304 g/mol. The van der Waals surface area contributed by atoms with Crippen LogP contribution in [0.4, 0.5) is 0 Å². The van der Waals surface area contributed by atoms with Crippen LogP contribution in [0.25, 0.3) is 0 Å². The lowest BCUT2D eigenvalue weighted by molar-refractivity contribution is 0.0710. The van der Waals surface area contributed by atoms with E-state index in [0.717, 1.165) is 32.4 Å². The third kappa shape index (κ3) is 3.51. The maximum absolute atomic E-state index is 12.7. The van der Waals surface area contributed by atoms with Gasteiger partial charge >= 0.3 is 0 Å². The smallest absolute Gasteiger partial charge is 0.274 e. The van der Waals surface area contributed by atoms with Crippen LogP contribution in [0.15, 0.2) is 12.3 Å². The Balaban J connectivity index is 1.65. The van der Waals surface area contributed by atoms with E-state index in [-0.39, 0.29) is 5.91 Å². The Hall–Kier alpha value is -1.36. The SMILES string of the molecule is CN(C(=O)c1ccn(C2CCCNC2)n1)C1CCCCCC1. The summed E-state index contributed by atoms with van der Waals surface area (Å²) in [4.78, 5) is 14.6. The Kier molecular flexibility index (Phi) is 5.13. The van der Waals surface area contributed by atoms with Crippen molar-refractivity contribution in [1.29, 1.82) is 0 Å². The van der Waals surface area contributed by atoms with Gasteiger partial charge in [-0.3, -0.25) is 9.48 Å². The first-order valence-electron chi connectivity index (χ1n) is 8.79.